The van der Waals surface area contributed by atoms with Crippen LogP contribution in [0.25, 0.3) is 0 Å². The molecule has 3 rings (SSSR count). The predicted molar refractivity (Wildman–Crippen MR) is 113 cm³/mol. The maximum absolute atomic E-state index is 12.2. The van der Waals surface area contributed by atoms with Crippen LogP contribution in [-0.2, 0) is 11.3 Å². The zero-order valence-electron chi connectivity index (χ0n) is 17.7. The molecule has 0 unspecified atom stereocenters. The lowest BCUT2D eigenvalue weighted by Crippen LogP contribution is -2.49. The molecule has 6 nitrogen and oxygen atoms in total. The van der Waals surface area contributed by atoms with Gasteiger partial charge in [0.05, 0.1) is 0 Å². The molecule has 2 saturated heterocycles. The number of rotatable bonds is 4. The summed E-state index contributed by atoms with van der Waals surface area (Å²) in [6, 6.07) is 8.21. The molecule has 156 valence electrons. The minimum absolute atomic E-state index is 0.165. The largest absolute Gasteiger partial charge is 0.444 e. The van der Waals surface area contributed by atoms with Crippen LogP contribution < -0.4 is 5.73 Å². The van der Waals surface area contributed by atoms with Gasteiger partial charge in [0.1, 0.15) is 5.60 Å². The van der Waals surface area contributed by atoms with E-state index in [0.29, 0.717) is 5.92 Å². The van der Waals surface area contributed by atoms with E-state index in [-0.39, 0.29) is 6.09 Å². The lowest BCUT2D eigenvalue weighted by molar-refractivity contribution is 0.0159. The van der Waals surface area contributed by atoms with E-state index in [4.69, 9.17) is 10.5 Å². The average Bonchev–Trinajstić information content (AvgIpc) is 2.64. The van der Waals surface area contributed by atoms with E-state index >= 15 is 0 Å². The average molecular weight is 389 g/mol. The number of piperazine rings is 1. The van der Waals surface area contributed by atoms with Crippen molar-refractivity contribution in [2.75, 3.05) is 51.5 Å². The highest BCUT2D eigenvalue weighted by Crippen LogP contribution is 2.21. The Labute approximate surface area is 169 Å². The molecule has 0 bridgehead atoms. The molecule has 0 radical (unpaired) electrons. The van der Waals surface area contributed by atoms with E-state index in [1.807, 2.05) is 37.8 Å². The summed E-state index contributed by atoms with van der Waals surface area (Å²) in [7, 11) is 0. The third kappa shape index (κ3) is 6.38. The molecular weight excluding hydrogens is 352 g/mol. The summed E-state index contributed by atoms with van der Waals surface area (Å²) < 4.78 is 5.49. The van der Waals surface area contributed by atoms with Gasteiger partial charge in [-0.1, -0.05) is 12.1 Å². The smallest absolute Gasteiger partial charge is 0.410 e. The molecule has 0 saturated carbocycles. The zero-order chi connectivity index (χ0) is 20.1. The molecule has 6 heteroatoms. The van der Waals surface area contributed by atoms with Crippen LogP contribution in [-0.4, -0.2) is 72.2 Å². The molecule has 1 aromatic rings. The van der Waals surface area contributed by atoms with Crippen molar-refractivity contribution in [3.8, 4) is 0 Å². The Hall–Kier alpha value is -1.79. The number of hydrogen-bond donors (Lipinski definition) is 1. The number of nitrogen functional groups attached to an aromatic ring is 1. The van der Waals surface area contributed by atoms with E-state index < -0.39 is 5.60 Å². The second-order valence-corrected chi connectivity index (χ2v) is 9.23. The highest BCUT2D eigenvalue weighted by atomic mass is 16.6. The first-order valence-electron chi connectivity index (χ1n) is 10.6. The summed E-state index contributed by atoms with van der Waals surface area (Å²) in [6.45, 7) is 14.0. The zero-order valence-corrected chi connectivity index (χ0v) is 17.7. The Morgan fingerprint density at radius 2 is 1.57 bits per heavy atom. The highest BCUT2D eigenvalue weighted by molar-refractivity contribution is 5.68. The van der Waals surface area contributed by atoms with Crippen molar-refractivity contribution < 1.29 is 9.53 Å². The minimum atomic E-state index is -0.417. The molecule has 0 atom stereocenters. The summed E-state index contributed by atoms with van der Waals surface area (Å²) in [5, 5.41) is 0. The fraction of sp³-hybridized carbons (Fsp3) is 0.682. The van der Waals surface area contributed by atoms with Gasteiger partial charge < -0.3 is 20.3 Å². The van der Waals surface area contributed by atoms with Gasteiger partial charge in [-0.2, -0.15) is 0 Å². The van der Waals surface area contributed by atoms with E-state index in [0.717, 1.165) is 70.9 Å². The van der Waals surface area contributed by atoms with Crippen LogP contribution in [0, 0.1) is 5.92 Å². The topological polar surface area (TPSA) is 62.0 Å². The van der Waals surface area contributed by atoms with Crippen molar-refractivity contribution in [2.45, 2.75) is 45.8 Å². The van der Waals surface area contributed by atoms with Crippen LogP contribution in [0.5, 0.6) is 0 Å². The summed E-state index contributed by atoms with van der Waals surface area (Å²) in [6.07, 6.45) is 1.98. The molecule has 2 aliphatic rings. The second kappa shape index (κ2) is 9.14. The standard InChI is InChI=1S/C22H36N4O2/c1-22(2,3)28-21(27)26-10-8-19(9-11-26)17-25-14-12-24(13-15-25)16-18-4-6-20(23)7-5-18/h4-7,19H,8-17,23H2,1-3H3. The Kier molecular flexibility index (Phi) is 6.83. The van der Waals surface area contributed by atoms with Gasteiger partial charge >= 0.3 is 6.09 Å². The lowest BCUT2D eigenvalue weighted by Gasteiger charge is -2.39. The van der Waals surface area contributed by atoms with Gasteiger partial charge in [0, 0.05) is 58.0 Å². The Morgan fingerprint density at radius 1 is 1.00 bits per heavy atom. The molecule has 1 amide bonds. The highest BCUT2D eigenvalue weighted by Gasteiger charge is 2.28. The molecule has 2 N–H and O–H groups in total. The summed E-state index contributed by atoms with van der Waals surface area (Å²) in [4.78, 5) is 19.2. The number of hydrogen-bond acceptors (Lipinski definition) is 5. The van der Waals surface area contributed by atoms with Crippen LogP contribution >= 0.6 is 0 Å². The second-order valence-electron chi connectivity index (χ2n) is 9.23. The molecule has 2 aliphatic heterocycles. The van der Waals surface area contributed by atoms with Gasteiger partial charge in [0.15, 0.2) is 0 Å². The number of ether oxygens (including phenoxy) is 1. The molecular formula is C22H36N4O2. The number of nitrogens with two attached hydrogens (primary N) is 1. The van der Waals surface area contributed by atoms with Crippen LogP contribution in [0.3, 0.4) is 0 Å². The predicted octanol–water partition coefficient (Wildman–Crippen LogP) is 3.03. The van der Waals surface area contributed by atoms with E-state index in [1.165, 1.54) is 5.56 Å². The van der Waals surface area contributed by atoms with Crippen LogP contribution in [0.2, 0.25) is 0 Å². The van der Waals surface area contributed by atoms with Crippen molar-refractivity contribution in [3.63, 3.8) is 0 Å². The van der Waals surface area contributed by atoms with Crippen LogP contribution in [0.4, 0.5) is 10.5 Å². The monoisotopic (exact) mass is 388 g/mol. The quantitative estimate of drug-likeness (QED) is 0.804. The number of piperidine rings is 1. The fourth-order valence-electron chi connectivity index (χ4n) is 4.00. The fourth-order valence-corrected chi connectivity index (χ4v) is 4.00. The molecule has 0 aromatic heterocycles. The van der Waals surface area contributed by atoms with Gasteiger partial charge in [-0.25, -0.2) is 4.79 Å². The van der Waals surface area contributed by atoms with E-state index in [2.05, 4.69) is 21.9 Å². The number of carbonyl (C=O) groups is 1. The molecule has 1 aromatic carbocycles. The molecule has 28 heavy (non-hydrogen) atoms. The number of likely N-dealkylation sites (tertiary alicyclic amines) is 1. The maximum Gasteiger partial charge on any atom is 0.410 e. The molecule has 0 spiro atoms. The van der Waals surface area contributed by atoms with Crippen molar-refractivity contribution in [3.05, 3.63) is 29.8 Å². The Balaban J connectivity index is 1.35. The van der Waals surface area contributed by atoms with E-state index in [1.54, 1.807) is 0 Å². The van der Waals surface area contributed by atoms with Crippen molar-refractivity contribution in [1.29, 1.82) is 0 Å². The summed E-state index contributed by atoms with van der Waals surface area (Å²) in [5.74, 6) is 0.683. The number of amides is 1. The minimum Gasteiger partial charge on any atom is -0.444 e. The maximum atomic E-state index is 12.2. The van der Waals surface area contributed by atoms with Crippen LogP contribution in [0.15, 0.2) is 24.3 Å². The number of benzene rings is 1. The first kappa shape index (κ1) is 20.9. The normalized spacial score (nSPS) is 20.3. The van der Waals surface area contributed by atoms with Gasteiger partial charge in [-0.15, -0.1) is 0 Å². The summed E-state index contributed by atoms with van der Waals surface area (Å²) >= 11 is 0. The lowest BCUT2D eigenvalue weighted by atomic mass is 9.96. The number of nitrogens with zero attached hydrogens (tertiary/aromatic N) is 3. The molecule has 2 fully saturated rings. The Bertz CT molecular complexity index is 625. The number of carbonyl (C=O) groups excluding carboxylic acids is 1. The van der Waals surface area contributed by atoms with Crippen molar-refractivity contribution >= 4 is 11.8 Å². The van der Waals surface area contributed by atoms with Crippen molar-refractivity contribution in [1.82, 2.24) is 14.7 Å². The summed E-state index contributed by atoms with van der Waals surface area (Å²) in [5.41, 5.74) is 7.51. The van der Waals surface area contributed by atoms with E-state index in [9.17, 15) is 4.79 Å². The SMILES string of the molecule is CC(C)(C)OC(=O)N1CCC(CN2CCN(Cc3ccc(N)cc3)CC2)CC1. The van der Waals surface area contributed by atoms with Gasteiger partial charge in [-0.05, 0) is 57.2 Å². The third-order valence-corrected chi connectivity index (χ3v) is 5.63. The van der Waals surface area contributed by atoms with Crippen LogP contribution in [0.1, 0.15) is 39.2 Å². The first-order valence-corrected chi connectivity index (χ1v) is 10.6. The van der Waals surface area contributed by atoms with Gasteiger partial charge in [0.25, 0.3) is 0 Å². The molecule has 2 heterocycles. The number of anilines is 1. The third-order valence-electron chi connectivity index (χ3n) is 5.63. The van der Waals surface area contributed by atoms with Gasteiger partial charge in [0.2, 0.25) is 0 Å². The van der Waals surface area contributed by atoms with Crippen molar-refractivity contribution in [2.24, 2.45) is 5.92 Å². The molecule has 0 aliphatic carbocycles. The Morgan fingerprint density at radius 3 is 2.14 bits per heavy atom. The first-order chi connectivity index (χ1) is 13.3. The van der Waals surface area contributed by atoms with Gasteiger partial charge in [-0.3, -0.25) is 4.90 Å².